The van der Waals surface area contributed by atoms with Crippen molar-refractivity contribution in [3.05, 3.63) is 42.2 Å². The second-order valence-corrected chi connectivity index (χ2v) is 22.4. The summed E-state index contributed by atoms with van der Waals surface area (Å²) in [5.41, 5.74) is -2.46. The van der Waals surface area contributed by atoms with Gasteiger partial charge in [-0.3, -0.25) is 9.80 Å². The van der Waals surface area contributed by atoms with Crippen molar-refractivity contribution in [2.45, 2.75) is 197 Å². The summed E-state index contributed by atoms with van der Waals surface area (Å²) in [6, 6.07) is 6.08. The SMILES string of the molecule is CC[C@H]1OC(=O)[C@H](C)[C@@H](C2C[C@@](C)(OC)[C@@H](O)[C@H](C)O2)[C@H](C)[C@@H](O[C@@H]2O[C@H](C)C[C@H](N(C)CCC3CN([C@H](CF)[C@H](OC)c4ccc(-n5ccnn5)cc4)N=N3)[C@H]2O)[C@](C)(OC)C[C@@H](C)C(=N)[C@H](C)[C@@H](O)[C@]1(C)O. The molecule has 21 atom stereocenters. The molecule has 4 aliphatic heterocycles. The number of nitrogens with zero attached hydrogens (tertiary/aromatic N) is 7. The average molecular weight is 1050 g/mol. The summed E-state index contributed by atoms with van der Waals surface area (Å²) >= 11 is 0. The number of halogens is 1. The molecule has 74 heavy (non-hydrogen) atoms. The number of hydrogen-bond donors (Lipinski definition) is 5. The van der Waals surface area contributed by atoms with E-state index in [0.717, 1.165) is 11.3 Å². The fraction of sp³-hybridized carbons (Fsp3) is 0.811. The van der Waals surface area contributed by atoms with Gasteiger partial charge < -0.3 is 63.9 Å². The maximum Gasteiger partial charge on any atom is 0.309 e. The van der Waals surface area contributed by atoms with Crippen molar-refractivity contribution in [2.24, 2.45) is 39.9 Å². The van der Waals surface area contributed by atoms with E-state index in [0.29, 0.717) is 25.9 Å². The fourth-order valence-corrected chi connectivity index (χ4v) is 12.4. The average Bonchev–Trinajstić information content (AvgIpc) is 4.10. The molecule has 2 aromatic rings. The molecule has 0 saturated carbocycles. The lowest BCUT2D eigenvalue weighted by Crippen LogP contribution is -2.62. The van der Waals surface area contributed by atoms with Gasteiger partial charge in [-0.1, -0.05) is 57.2 Å². The maximum absolute atomic E-state index is 14.9. The van der Waals surface area contributed by atoms with Crippen LogP contribution in [0.3, 0.4) is 0 Å². The highest BCUT2D eigenvalue weighted by Crippen LogP contribution is 2.46. The highest BCUT2D eigenvalue weighted by atomic mass is 19.1. The van der Waals surface area contributed by atoms with Gasteiger partial charge in [0.1, 0.15) is 42.7 Å². The summed E-state index contributed by atoms with van der Waals surface area (Å²) in [5, 5.41) is 75.3. The van der Waals surface area contributed by atoms with Crippen molar-refractivity contribution >= 4 is 11.7 Å². The Bertz CT molecular complexity index is 2150. The number of nitrogens with one attached hydrogen (secondary N) is 1. The van der Waals surface area contributed by atoms with Crippen LogP contribution in [0.25, 0.3) is 5.69 Å². The standard InChI is InChI=1S/C53H87FN8O12/c1-15-41-53(10,67)46(64)33(6)43(55)29(2)25-52(9,70-14)48(31(4)42(32(5)49(66)73-41)40-26-51(8,69-13)47(65)34(7)72-40)74-50-44(63)38(24-30(3)71-50)60(11)22-20-36-28-62(59-57-36)39(27-54)45(68-12)35-16-18-37(19-17-35)61-23-21-56-58-61/h16-19,21,23,29-34,36,38-42,44-48,50,55,63-65,67H,15,20,22,24-28H2,1-14H3/t29-,30-,31+,32-,33+,34+,36?,38+,39-,40?,41-,42+,44-,45-,46-,47+,48-,50+,51-,52-,53-/m1/s1. The number of likely N-dealkylation sites (N-methyl/N-ethyl adjacent to an activating group) is 1. The molecule has 6 rings (SSSR count). The van der Waals surface area contributed by atoms with Gasteiger partial charge in [-0.05, 0) is 96.9 Å². The van der Waals surface area contributed by atoms with Crippen LogP contribution >= 0.6 is 0 Å². The molecule has 4 aliphatic rings. The van der Waals surface area contributed by atoms with Crippen LogP contribution in [-0.2, 0) is 38.0 Å². The Morgan fingerprint density at radius 3 is 2.23 bits per heavy atom. The number of carbonyl (C=O) groups excluding carboxylic acids is 1. The van der Waals surface area contributed by atoms with Crippen molar-refractivity contribution in [1.29, 1.82) is 5.41 Å². The molecule has 0 radical (unpaired) electrons. The van der Waals surface area contributed by atoms with Crippen molar-refractivity contribution < 1.29 is 62.8 Å². The minimum absolute atomic E-state index is 0.160. The third kappa shape index (κ3) is 12.5. The normalized spacial score (nSPS) is 40.7. The Morgan fingerprint density at radius 1 is 0.959 bits per heavy atom. The molecule has 2 unspecified atom stereocenters. The zero-order valence-electron chi connectivity index (χ0n) is 46.1. The quantitative estimate of drug-likeness (QED) is 0.134. The summed E-state index contributed by atoms with van der Waals surface area (Å²) in [4.78, 5) is 16.7. The van der Waals surface area contributed by atoms with Gasteiger partial charge in [0.15, 0.2) is 6.29 Å². The minimum atomic E-state index is -1.91. The topological polar surface area (TPSA) is 248 Å². The number of rotatable bonds is 16. The fourth-order valence-electron chi connectivity index (χ4n) is 12.4. The molecule has 5 heterocycles. The van der Waals surface area contributed by atoms with E-state index in [9.17, 15) is 35.0 Å². The van der Waals surface area contributed by atoms with Gasteiger partial charge in [-0.2, -0.15) is 5.11 Å². The smallest absolute Gasteiger partial charge is 0.309 e. The van der Waals surface area contributed by atoms with Crippen molar-refractivity contribution in [3.8, 4) is 5.69 Å². The highest BCUT2D eigenvalue weighted by molar-refractivity contribution is 5.86. The second-order valence-electron chi connectivity index (χ2n) is 22.4. The molecule has 0 aliphatic carbocycles. The van der Waals surface area contributed by atoms with E-state index in [1.165, 1.54) is 14.0 Å². The number of ether oxygens (including phenoxy) is 7. The summed E-state index contributed by atoms with van der Waals surface area (Å²) in [6.45, 7) is 18.0. The monoisotopic (exact) mass is 1050 g/mol. The van der Waals surface area contributed by atoms with E-state index in [1.54, 1.807) is 64.0 Å². The maximum atomic E-state index is 14.9. The van der Waals surface area contributed by atoms with Crippen LogP contribution in [0.5, 0.6) is 0 Å². The highest BCUT2D eigenvalue weighted by Gasteiger charge is 2.56. The number of aromatic nitrogens is 3. The molecule has 0 amide bonds. The Kier molecular flexibility index (Phi) is 20.0. The summed E-state index contributed by atoms with van der Waals surface area (Å²) in [7, 11) is 6.57. The Labute approximate surface area is 437 Å². The molecular formula is C53H87FN8O12. The first-order chi connectivity index (χ1) is 34.9. The molecule has 3 fully saturated rings. The molecule has 1 aromatic carbocycles. The van der Waals surface area contributed by atoms with Crippen LogP contribution in [0, 0.1) is 35.0 Å². The minimum Gasteiger partial charge on any atom is -0.459 e. The summed E-state index contributed by atoms with van der Waals surface area (Å²) in [6.07, 6.45) is -4.36. The molecule has 3 saturated heterocycles. The Morgan fingerprint density at radius 2 is 1.64 bits per heavy atom. The van der Waals surface area contributed by atoms with E-state index in [1.807, 2.05) is 65.9 Å². The lowest BCUT2D eigenvalue weighted by atomic mass is 9.67. The van der Waals surface area contributed by atoms with Crippen molar-refractivity contribution in [3.63, 3.8) is 0 Å². The Balaban J connectivity index is 1.25. The van der Waals surface area contributed by atoms with Gasteiger partial charge in [-0.25, -0.2) is 9.07 Å². The molecule has 0 bridgehead atoms. The number of esters is 1. The Hall–Kier alpha value is -3.61. The van der Waals surface area contributed by atoms with Crippen molar-refractivity contribution in [2.75, 3.05) is 48.1 Å². The first-order valence-electron chi connectivity index (χ1n) is 26.4. The number of benzene rings is 1. The molecular weight excluding hydrogens is 960 g/mol. The lowest BCUT2D eigenvalue weighted by Gasteiger charge is -2.52. The zero-order valence-corrected chi connectivity index (χ0v) is 46.1. The molecule has 0 spiro atoms. The molecule has 21 heteroatoms. The third-order valence-electron chi connectivity index (χ3n) is 17.2. The van der Waals surface area contributed by atoms with Gasteiger partial charge in [0.2, 0.25) is 0 Å². The third-order valence-corrected chi connectivity index (χ3v) is 17.2. The predicted molar refractivity (Wildman–Crippen MR) is 272 cm³/mol. The summed E-state index contributed by atoms with van der Waals surface area (Å²) in [5.74, 6) is -4.26. The van der Waals surface area contributed by atoms with E-state index in [4.69, 9.17) is 33.2 Å². The number of hydrogen-bond acceptors (Lipinski definition) is 19. The number of aliphatic hydroxyl groups excluding tert-OH is 3. The van der Waals surface area contributed by atoms with Crippen LogP contribution in [0.1, 0.15) is 113 Å². The largest absolute Gasteiger partial charge is 0.459 e. The first kappa shape index (κ1) is 59.6. The van der Waals surface area contributed by atoms with E-state index in [-0.39, 0.29) is 37.1 Å². The molecule has 1 aromatic heterocycles. The molecule has 418 valence electrons. The lowest BCUT2D eigenvalue weighted by molar-refractivity contribution is -0.305. The first-order valence-corrected chi connectivity index (χ1v) is 26.4. The van der Waals surface area contributed by atoms with Gasteiger partial charge in [0, 0.05) is 57.9 Å². The van der Waals surface area contributed by atoms with Gasteiger partial charge in [0.25, 0.3) is 0 Å². The van der Waals surface area contributed by atoms with Crippen LogP contribution in [0.4, 0.5) is 4.39 Å². The van der Waals surface area contributed by atoms with E-state index >= 15 is 0 Å². The van der Waals surface area contributed by atoms with Crippen LogP contribution in [-0.4, -0.2) is 195 Å². The van der Waals surface area contributed by atoms with Gasteiger partial charge in [0.05, 0.1) is 78.3 Å². The summed E-state index contributed by atoms with van der Waals surface area (Å²) < 4.78 is 61.3. The number of methoxy groups -OCH3 is 3. The molecule has 20 nitrogen and oxygen atoms in total. The number of aliphatic hydroxyl groups is 4. The van der Waals surface area contributed by atoms with E-state index in [2.05, 4.69) is 25.5 Å². The predicted octanol–water partition coefficient (Wildman–Crippen LogP) is 5.28. The van der Waals surface area contributed by atoms with Crippen LogP contribution in [0.15, 0.2) is 47.0 Å². The van der Waals surface area contributed by atoms with E-state index < -0.39 is 126 Å². The van der Waals surface area contributed by atoms with Crippen LogP contribution in [0.2, 0.25) is 0 Å². The molecule has 5 N–H and O–H groups in total. The van der Waals surface area contributed by atoms with Crippen molar-refractivity contribution in [1.82, 2.24) is 24.9 Å². The van der Waals surface area contributed by atoms with Gasteiger partial charge >= 0.3 is 5.97 Å². The van der Waals surface area contributed by atoms with Crippen LogP contribution < -0.4 is 0 Å². The number of alkyl halides is 1. The zero-order chi connectivity index (χ0) is 54.6. The number of carbonyl (C=O) groups is 1. The number of cyclic esters (lactones) is 1. The van der Waals surface area contributed by atoms with Gasteiger partial charge in [-0.15, -0.1) is 5.10 Å². The second kappa shape index (κ2) is 24.8.